The number of hydrogen-bond donors (Lipinski definition) is 4. The van der Waals surface area contributed by atoms with E-state index >= 15 is 0 Å². The second-order valence-electron chi connectivity index (χ2n) is 10.5. The van der Waals surface area contributed by atoms with Crippen LogP contribution < -0.4 is 16.1 Å². The number of carbonyl (C=O) groups excluding carboxylic acids is 4. The number of ether oxygens (including phenoxy) is 2. The number of carbonyl (C=O) groups is 4. The number of rotatable bonds is 13. The van der Waals surface area contributed by atoms with Gasteiger partial charge in [-0.2, -0.15) is 0 Å². The minimum atomic E-state index is -1.23. The number of imidazole rings is 1. The molecule has 4 N–H and O–H groups in total. The summed E-state index contributed by atoms with van der Waals surface area (Å²) in [6, 6.07) is 16.0. The number of benzene rings is 2. The molecule has 3 amide bonds. The Hall–Kier alpha value is -4.71. The molecule has 0 fully saturated rings. The van der Waals surface area contributed by atoms with Gasteiger partial charge in [-0.3, -0.25) is 14.4 Å². The van der Waals surface area contributed by atoms with Gasteiger partial charge in [0.15, 0.2) is 6.10 Å². The maximum Gasteiger partial charge on any atom is 0.408 e. The third kappa shape index (κ3) is 10.7. The summed E-state index contributed by atoms with van der Waals surface area (Å²) in [5, 5.41) is 5.22. The van der Waals surface area contributed by atoms with Crippen LogP contribution in [0.5, 0.6) is 0 Å². The number of aromatic amines is 1. The third-order valence-corrected chi connectivity index (χ3v) is 5.92. The predicted octanol–water partition coefficient (Wildman–Crippen LogP) is 2.41. The quantitative estimate of drug-likeness (QED) is 0.177. The number of aromatic nitrogens is 2. The normalized spacial score (nSPS) is 13.2. The number of nitrogens with one attached hydrogen (secondary N) is 4. The number of esters is 1. The highest BCUT2D eigenvalue weighted by molar-refractivity contribution is 5.88. The molecule has 0 aliphatic heterocycles. The maximum atomic E-state index is 13.4. The zero-order chi connectivity index (χ0) is 30.5. The Bertz CT molecular complexity index is 1290. The van der Waals surface area contributed by atoms with Crippen LogP contribution in [0.4, 0.5) is 4.79 Å². The Morgan fingerprint density at radius 1 is 0.833 bits per heavy atom. The molecule has 0 aliphatic carbocycles. The molecule has 1 unspecified atom stereocenters. The van der Waals surface area contributed by atoms with Crippen LogP contribution in [0, 0.1) is 0 Å². The van der Waals surface area contributed by atoms with Crippen LogP contribution in [0.2, 0.25) is 0 Å². The van der Waals surface area contributed by atoms with Crippen LogP contribution in [-0.4, -0.2) is 64.7 Å². The number of amides is 3. The maximum absolute atomic E-state index is 13.4. The summed E-state index contributed by atoms with van der Waals surface area (Å²) in [6.07, 6.45) is 1.33. The number of alkyl carbamates (subject to hydrolysis) is 1. The second kappa shape index (κ2) is 15.3. The summed E-state index contributed by atoms with van der Waals surface area (Å²) in [5.74, 6) is -2.03. The summed E-state index contributed by atoms with van der Waals surface area (Å²) in [4.78, 5) is 64.2. The summed E-state index contributed by atoms with van der Waals surface area (Å²) < 4.78 is 10.2. The largest absolute Gasteiger partial charge is 0.467 e. The third-order valence-electron chi connectivity index (χ3n) is 5.92. The van der Waals surface area contributed by atoms with E-state index in [1.807, 2.05) is 36.4 Å². The van der Waals surface area contributed by atoms with E-state index in [1.165, 1.54) is 13.4 Å². The molecule has 3 aromatic rings. The van der Waals surface area contributed by atoms with Crippen molar-refractivity contribution in [3.63, 3.8) is 0 Å². The Balaban J connectivity index is 1.76. The molecule has 224 valence electrons. The van der Waals surface area contributed by atoms with Crippen molar-refractivity contribution in [3.8, 4) is 0 Å². The standard InChI is InChI=1S/C30H37N5O7/c1-30(2,3)41-29(39)34-23(15-20-11-7-5-8-12-20)26(36)35-42-25(16-21-13-9-6-10-14-21)27(37)33-24(28(38)40-4)17-22-18-31-19-32-22/h5-14,18-19,23-25H,15-17H2,1-4H3,(H,31,32)(H,33,37)(H,34,39)(H,35,36)/t23-,24-,25?/m0/s1. The molecule has 1 aromatic heterocycles. The number of methoxy groups -OCH3 is 1. The number of hydrogen-bond acceptors (Lipinski definition) is 8. The van der Waals surface area contributed by atoms with E-state index in [-0.39, 0.29) is 19.3 Å². The van der Waals surface area contributed by atoms with Gasteiger partial charge in [-0.05, 0) is 31.9 Å². The minimum absolute atomic E-state index is 0.0747. The first kappa shape index (κ1) is 31.8. The monoisotopic (exact) mass is 579 g/mol. The molecule has 3 rings (SSSR count). The number of hydroxylamine groups is 1. The molecule has 3 atom stereocenters. The molecule has 2 aromatic carbocycles. The first-order valence-corrected chi connectivity index (χ1v) is 13.4. The molecular weight excluding hydrogens is 542 g/mol. The van der Waals surface area contributed by atoms with Gasteiger partial charge in [0.2, 0.25) is 0 Å². The van der Waals surface area contributed by atoms with Crippen LogP contribution in [0.1, 0.15) is 37.6 Å². The predicted molar refractivity (Wildman–Crippen MR) is 153 cm³/mol. The van der Waals surface area contributed by atoms with E-state index in [0.717, 1.165) is 11.1 Å². The summed E-state index contributed by atoms with van der Waals surface area (Å²) in [7, 11) is 1.22. The van der Waals surface area contributed by atoms with Gasteiger partial charge in [0.1, 0.15) is 17.7 Å². The lowest BCUT2D eigenvalue weighted by atomic mass is 10.1. The summed E-state index contributed by atoms with van der Waals surface area (Å²) >= 11 is 0. The molecule has 0 radical (unpaired) electrons. The van der Waals surface area contributed by atoms with Crippen molar-refractivity contribution >= 4 is 23.9 Å². The molecule has 0 saturated heterocycles. The second-order valence-corrected chi connectivity index (χ2v) is 10.5. The average Bonchev–Trinajstić information content (AvgIpc) is 3.47. The molecule has 42 heavy (non-hydrogen) atoms. The zero-order valence-corrected chi connectivity index (χ0v) is 24.1. The van der Waals surface area contributed by atoms with Gasteiger partial charge in [0.05, 0.1) is 19.1 Å². The summed E-state index contributed by atoms with van der Waals surface area (Å²) in [5.41, 5.74) is 3.63. The molecule has 12 nitrogen and oxygen atoms in total. The highest BCUT2D eigenvalue weighted by atomic mass is 16.7. The van der Waals surface area contributed by atoms with E-state index in [4.69, 9.17) is 14.3 Å². The van der Waals surface area contributed by atoms with Crippen molar-refractivity contribution in [1.29, 1.82) is 0 Å². The van der Waals surface area contributed by atoms with Crippen molar-refractivity contribution in [1.82, 2.24) is 26.1 Å². The Labute approximate surface area is 244 Å². The molecule has 0 bridgehead atoms. The lowest BCUT2D eigenvalue weighted by molar-refractivity contribution is -0.153. The topological polar surface area (TPSA) is 161 Å². The fourth-order valence-corrected chi connectivity index (χ4v) is 3.94. The van der Waals surface area contributed by atoms with E-state index in [0.29, 0.717) is 5.69 Å². The van der Waals surface area contributed by atoms with Crippen LogP contribution in [0.25, 0.3) is 0 Å². The Morgan fingerprint density at radius 3 is 2.00 bits per heavy atom. The van der Waals surface area contributed by atoms with Crippen LogP contribution >= 0.6 is 0 Å². The van der Waals surface area contributed by atoms with Gasteiger partial charge in [-0.15, -0.1) is 0 Å². The van der Waals surface area contributed by atoms with Gasteiger partial charge in [0.25, 0.3) is 11.8 Å². The highest BCUT2D eigenvalue weighted by Gasteiger charge is 2.30. The lowest BCUT2D eigenvalue weighted by Crippen LogP contribution is -2.53. The van der Waals surface area contributed by atoms with Gasteiger partial charge in [-0.1, -0.05) is 60.7 Å². The molecule has 1 heterocycles. The highest BCUT2D eigenvalue weighted by Crippen LogP contribution is 2.11. The van der Waals surface area contributed by atoms with E-state index in [1.54, 1.807) is 51.2 Å². The molecule has 0 saturated carbocycles. The van der Waals surface area contributed by atoms with Crippen LogP contribution in [-0.2, 0) is 48.0 Å². The SMILES string of the molecule is COC(=O)[C@H](Cc1c[nH]cn1)NC(=O)C(Cc1ccccc1)ONC(=O)[C@H](Cc1ccccc1)NC(=O)OC(C)(C)C. The fraction of sp³-hybridized carbons (Fsp3) is 0.367. The zero-order valence-electron chi connectivity index (χ0n) is 24.1. The van der Waals surface area contributed by atoms with Gasteiger partial charge < -0.3 is 25.1 Å². The number of nitrogens with zero attached hydrogens (tertiary/aromatic N) is 1. The summed E-state index contributed by atoms with van der Waals surface area (Å²) in [6.45, 7) is 5.13. The smallest absolute Gasteiger partial charge is 0.408 e. The van der Waals surface area contributed by atoms with Gasteiger partial charge in [0, 0.05) is 25.5 Å². The van der Waals surface area contributed by atoms with Crippen LogP contribution in [0.3, 0.4) is 0 Å². The van der Waals surface area contributed by atoms with Gasteiger partial charge >= 0.3 is 12.1 Å². The van der Waals surface area contributed by atoms with Gasteiger partial charge in [-0.25, -0.2) is 20.1 Å². The van der Waals surface area contributed by atoms with Crippen molar-refractivity contribution < 1.29 is 33.5 Å². The van der Waals surface area contributed by atoms with E-state index < -0.39 is 47.7 Å². The Morgan fingerprint density at radius 2 is 1.45 bits per heavy atom. The van der Waals surface area contributed by atoms with E-state index in [9.17, 15) is 19.2 Å². The molecular formula is C30H37N5O7. The van der Waals surface area contributed by atoms with E-state index in [2.05, 4.69) is 26.1 Å². The van der Waals surface area contributed by atoms with Crippen molar-refractivity contribution in [2.75, 3.05) is 7.11 Å². The van der Waals surface area contributed by atoms with Crippen molar-refractivity contribution in [2.45, 2.75) is 63.8 Å². The fourth-order valence-electron chi connectivity index (χ4n) is 3.94. The first-order chi connectivity index (χ1) is 20.0. The Kier molecular flexibility index (Phi) is 11.6. The van der Waals surface area contributed by atoms with Crippen LogP contribution in [0.15, 0.2) is 73.2 Å². The number of H-pyrrole nitrogens is 1. The molecule has 0 spiro atoms. The minimum Gasteiger partial charge on any atom is -0.467 e. The average molecular weight is 580 g/mol. The molecule has 0 aliphatic rings. The first-order valence-electron chi connectivity index (χ1n) is 13.4. The van der Waals surface area contributed by atoms with Crippen molar-refractivity contribution in [2.24, 2.45) is 0 Å². The van der Waals surface area contributed by atoms with Crippen molar-refractivity contribution in [3.05, 3.63) is 90.0 Å². The lowest BCUT2D eigenvalue weighted by Gasteiger charge is -2.25. The molecule has 12 heteroatoms.